The molecule has 0 aliphatic carbocycles. The Morgan fingerprint density at radius 3 is 2.28 bits per heavy atom. The van der Waals surface area contributed by atoms with Crippen molar-refractivity contribution in [3.05, 3.63) is 67.6 Å². The van der Waals surface area contributed by atoms with Crippen LogP contribution >= 0.6 is 23.2 Å². The number of hydrogen-bond acceptors (Lipinski definition) is 3. The minimum absolute atomic E-state index is 0.107. The number of benzene rings is 1. The zero-order valence-corrected chi connectivity index (χ0v) is 16.2. The Bertz CT molecular complexity index is 833. The highest BCUT2D eigenvalue weighted by Crippen LogP contribution is 2.18. The van der Waals surface area contributed by atoms with Crippen LogP contribution in [-0.2, 0) is 17.7 Å². The van der Waals surface area contributed by atoms with Crippen LogP contribution in [0.15, 0.2) is 35.1 Å². The van der Waals surface area contributed by atoms with E-state index in [0.717, 1.165) is 5.56 Å². The smallest absolute Gasteiger partial charge is 0.338 e. The molecule has 0 saturated carbocycles. The lowest BCUT2D eigenvalue weighted by molar-refractivity contribution is 0.00695. The number of nitrogens with zero attached hydrogens (tertiary/aromatic N) is 1. The first kappa shape index (κ1) is 19.5. The van der Waals surface area contributed by atoms with Crippen molar-refractivity contribution >= 4 is 29.2 Å². The molecule has 0 spiro atoms. The van der Waals surface area contributed by atoms with E-state index < -0.39 is 5.60 Å². The van der Waals surface area contributed by atoms with Crippen LogP contribution in [0.2, 0.25) is 10.0 Å². The molecule has 0 unspecified atom stereocenters. The molecule has 0 aliphatic rings. The van der Waals surface area contributed by atoms with Gasteiger partial charge in [0.05, 0.1) is 10.6 Å². The fourth-order valence-corrected chi connectivity index (χ4v) is 2.82. The molecule has 0 radical (unpaired) electrons. The standard InChI is InChI=1S/C19H21Cl2NO3/c1-12-15(20)11-16(21)17(23)22(12)10-9-13-5-7-14(8-6-13)18(24)25-19(2,3)4/h5-8,11H,9-10H2,1-4H3. The van der Waals surface area contributed by atoms with E-state index in [4.69, 9.17) is 27.9 Å². The van der Waals surface area contributed by atoms with Crippen molar-refractivity contribution < 1.29 is 9.53 Å². The molecular formula is C19H21Cl2NO3. The third kappa shape index (κ3) is 5.10. The molecule has 6 heteroatoms. The van der Waals surface area contributed by atoms with Crippen molar-refractivity contribution in [1.82, 2.24) is 4.57 Å². The van der Waals surface area contributed by atoms with Gasteiger partial charge in [0.2, 0.25) is 0 Å². The monoisotopic (exact) mass is 381 g/mol. The number of pyridine rings is 1. The molecule has 1 heterocycles. The Morgan fingerprint density at radius 2 is 1.72 bits per heavy atom. The quantitative estimate of drug-likeness (QED) is 0.723. The van der Waals surface area contributed by atoms with Gasteiger partial charge in [-0.1, -0.05) is 35.3 Å². The van der Waals surface area contributed by atoms with Gasteiger partial charge in [-0.25, -0.2) is 4.79 Å². The van der Waals surface area contributed by atoms with E-state index in [0.29, 0.717) is 29.2 Å². The van der Waals surface area contributed by atoms with Gasteiger partial charge in [-0.2, -0.15) is 0 Å². The number of esters is 1. The van der Waals surface area contributed by atoms with Gasteiger partial charge < -0.3 is 9.30 Å². The molecule has 0 N–H and O–H groups in total. The lowest BCUT2D eigenvalue weighted by atomic mass is 10.1. The molecule has 0 amide bonds. The number of ether oxygens (including phenoxy) is 1. The largest absolute Gasteiger partial charge is 0.456 e. The van der Waals surface area contributed by atoms with E-state index >= 15 is 0 Å². The number of carbonyl (C=O) groups is 1. The maximum atomic E-state index is 12.2. The first-order valence-corrected chi connectivity index (χ1v) is 8.72. The third-order valence-corrected chi connectivity index (χ3v) is 4.32. The van der Waals surface area contributed by atoms with Gasteiger partial charge in [0, 0.05) is 12.2 Å². The van der Waals surface area contributed by atoms with E-state index in [1.54, 1.807) is 23.6 Å². The summed E-state index contributed by atoms with van der Waals surface area (Å²) in [7, 11) is 0. The molecule has 0 bridgehead atoms. The molecule has 2 rings (SSSR count). The van der Waals surface area contributed by atoms with Gasteiger partial charge in [-0.3, -0.25) is 4.79 Å². The van der Waals surface area contributed by atoms with Crippen molar-refractivity contribution in [2.75, 3.05) is 0 Å². The first-order valence-electron chi connectivity index (χ1n) is 7.96. The van der Waals surface area contributed by atoms with Crippen molar-refractivity contribution in [1.29, 1.82) is 0 Å². The lowest BCUT2D eigenvalue weighted by Crippen LogP contribution is -2.24. The number of rotatable bonds is 4. The number of carbonyl (C=O) groups excluding carboxylic acids is 1. The molecule has 4 nitrogen and oxygen atoms in total. The van der Waals surface area contributed by atoms with E-state index in [2.05, 4.69) is 0 Å². The Kier molecular flexibility index (Phi) is 5.96. The van der Waals surface area contributed by atoms with E-state index in [1.165, 1.54) is 6.07 Å². The van der Waals surface area contributed by atoms with Gasteiger partial charge >= 0.3 is 5.97 Å². The van der Waals surface area contributed by atoms with Crippen LogP contribution in [0.25, 0.3) is 0 Å². The summed E-state index contributed by atoms with van der Waals surface area (Å²) >= 11 is 12.0. The summed E-state index contributed by atoms with van der Waals surface area (Å²) < 4.78 is 6.90. The maximum Gasteiger partial charge on any atom is 0.338 e. The van der Waals surface area contributed by atoms with E-state index in [9.17, 15) is 9.59 Å². The second-order valence-corrected chi connectivity index (χ2v) is 7.65. The molecular weight excluding hydrogens is 361 g/mol. The van der Waals surface area contributed by atoms with E-state index in [-0.39, 0.29) is 16.6 Å². The lowest BCUT2D eigenvalue weighted by Gasteiger charge is -2.19. The summed E-state index contributed by atoms with van der Waals surface area (Å²) in [6, 6.07) is 8.62. The van der Waals surface area contributed by atoms with E-state index in [1.807, 2.05) is 32.9 Å². The molecule has 1 aromatic carbocycles. The number of hydrogen-bond donors (Lipinski definition) is 0. The Hall–Kier alpha value is -1.78. The van der Waals surface area contributed by atoms with Crippen LogP contribution < -0.4 is 5.56 Å². The topological polar surface area (TPSA) is 48.3 Å². The van der Waals surface area contributed by atoms with Crippen molar-refractivity contribution in [3.63, 3.8) is 0 Å². The predicted octanol–water partition coefficient (Wildman–Crippen LogP) is 4.66. The molecule has 1 aromatic heterocycles. The molecule has 134 valence electrons. The van der Waals surface area contributed by atoms with Gasteiger partial charge in [0.25, 0.3) is 5.56 Å². The first-order chi connectivity index (χ1) is 11.6. The highest BCUT2D eigenvalue weighted by Gasteiger charge is 2.17. The molecule has 2 aromatic rings. The summed E-state index contributed by atoms with van der Waals surface area (Å²) in [4.78, 5) is 24.2. The van der Waals surface area contributed by atoms with Gasteiger partial charge in [0.1, 0.15) is 10.6 Å². The number of halogens is 2. The second-order valence-electron chi connectivity index (χ2n) is 6.83. The second kappa shape index (κ2) is 7.63. The molecule has 25 heavy (non-hydrogen) atoms. The summed E-state index contributed by atoms with van der Waals surface area (Å²) in [5.41, 5.74) is 1.39. The average molecular weight is 382 g/mol. The Labute approximate surface area is 157 Å². The normalized spacial score (nSPS) is 11.4. The Balaban J connectivity index is 2.11. The maximum absolute atomic E-state index is 12.2. The van der Waals surface area contributed by atoms with Crippen molar-refractivity contribution in [3.8, 4) is 0 Å². The van der Waals surface area contributed by atoms with Gasteiger partial charge in [0.15, 0.2) is 0 Å². The zero-order valence-electron chi connectivity index (χ0n) is 14.7. The van der Waals surface area contributed by atoms with Crippen LogP contribution in [0.3, 0.4) is 0 Å². The minimum Gasteiger partial charge on any atom is -0.456 e. The zero-order chi connectivity index (χ0) is 18.8. The van der Waals surface area contributed by atoms with Crippen LogP contribution in [0.1, 0.15) is 42.4 Å². The summed E-state index contributed by atoms with van der Waals surface area (Å²) in [5.74, 6) is -0.354. The van der Waals surface area contributed by atoms with Crippen LogP contribution in [0, 0.1) is 6.92 Å². The fourth-order valence-electron chi connectivity index (χ4n) is 2.34. The van der Waals surface area contributed by atoms with Gasteiger partial charge in [-0.05, 0) is 57.9 Å². The SMILES string of the molecule is Cc1c(Cl)cc(Cl)c(=O)n1CCc1ccc(C(=O)OC(C)(C)C)cc1. The van der Waals surface area contributed by atoms with Crippen LogP contribution in [-0.4, -0.2) is 16.1 Å². The average Bonchev–Trinajstić information content (AvgIpc) is 2.52. The predicted molar refractivity (Wildman–Crippen MR) is 101 cm³/mol. The highest BCUT2D eigenvalue weighted by molar-refractivity contribution is 6.34. The van der Waals surface area contributed by atoms with Crippen molar-refractivity contribution in [2.45, 2.75) is 46.3 Å². The summed E-state index contributed by atoms with van der Waals surface area (Å²) in [6.07, 6.45) is 0.617. The highest BCUT2D eigenvalue weighted by atomic mass is 35.5. The number of aryl methyl sites for hydroxylation is 1. The van der Waals surface area contributed by atoms with Crippen LogP contribution in [0.5, 0.6) is 0 Å². The Morgan fingerprint density at radius 1 is 1.12 bits per heavy atom. The summed E-state index contributed by atoms with van der Waals surface area (Å²) in [6.45, 7) is 7.72. The molecule has 0 aliphatic heterocycles. The molecule has 0 saturated heterocycles. The fraction of sp³-hybridized carbons (Fsp3) is 0.368. The summed E-state index contributed by atoms with van der Waals surface area (Å²) in [5, 5.41) is 0.570. The molecule has 0 atom stereocenters. The minimum atomic E-state index is -0.527. The molecule has 0 fully saturated rings. The van der Waals surface area contributed by atoms with Gasteiger partial charge in [-0.15, -0.1) is 0 Å². The van der Waals surface area contributed by atoms with Crippen molar-refractivity contribution in [2.24, 2.45) is 0 Å². The third-order valence-electron chi connectivity index (χ3n) is 3.67. The number of aromatic nitrogens is 1. The van der Waals surface area contributed by atoms with Crippen LogP contribution in [0.4, 0.5) is 0 Å².